The van der Waals surface area contributed by atoms with Crippen LogP contribution in [0, 0.1) is 0 Å². The van der Waals surface area contributed by atoms with E-state index in [-0.39, 0.29) is 0 Å². The van der Waals surface area contributed by atoms with Crippen LogP contribution in [0.25, 0.3) is 0 Å². The first-order valence-electron chi connectivity index (χ1n) is 7.11. The Morgan fingerprint density at radius 3 is 2.53 bits per heavy atom. The van der Waals surface area contributed by atoms with Crippen LogP contribution in [-0.2, 0) is 6.42 Å². The molecule has 0 bridgehead atoms. The first-order valence-corrected chi connectivity index (χ1v) is 7.11. The maximum atomic E-state index is 3.37. The van der Waals surface area contributed by atoms with Gasteiger partial charge >= 0.3 is 0 Å². The number of hydrogen-bond acceptors (Lipinski definition) is 1. The molecule has 2 fully saturated rings. The Kier molecular flexibility index (Phi) is 2.96. The molecule has 17 heavy (non-hydrogen) atoms. The predicted molar refractivity (Wildman–Crippen MR) is 72.6 cm³/mol. The van der Waals surface area contributed by atoms with Crippen molar-refractivity contribution in [3.8, 4) is 0 Å². The van der Waals surface area contributed by atoms with Crippen LogP contribution in [0.1, 0.15) is 61.1 Å². The third-order valence-electron chi connectivity index (χ3n) is 4.58. The Bertz CT molecular complexity index is 400. The lowest BCUT2D eigenvalue weighted by Gasteiger charge is -2.35. The van der Waals surface area contributed by atoms with Crippen LogP contribution in [0.4, 0.5) is 0 Å². The Labute approximate surface area is 105 Å². The molecule has 0 saturated heterocycles. The fourth-order valence-corrected chi connectivity index (χ4v) is 3.10. The van der Waals surface area contributed by atoms with Crippen molar-refractivity contribution in [3.05, 3.63) is 34.9 Å². The second kappa shape index (κ2) is 4.45. The summed E-state index contributed by atoms with van der Waals surface area (Å²) in [4.78, 5) is 0. The van der Waals surface area contributed by atoms with E-state index in [1.807, 2.05) is 0 Å². The molecular weight excluding hydrogens is 206 g/mol. The van der Waals surface area contributed by atoms with Crippen LogP contribution in [0.5, 0.6) is 0 Å². The van der Waals surface area contributed by atoms with Crippen LogP contribution in [-0.4, -0.2) is 13.1 Å². The molecule has 0 unspecified atom stereocenters. The molecule has 0 atom stereocenters. The zero-order valence-corrected chi connectivity index (χ0v) is 11.0. The van der Waals surface area contributed by atoms with Crippen LogP contribution < -0.4 is 5.32 Å². The van der Waals surface area contributed by atoms with Crippen LogP contribution in [0.15, 0.2) is 18.2 Å². The normalized spacial score (nSPS) is 27.9. The molecule has 2 saturated carbocycles. The molecular formula is C16H23N. The summed E-state index contributed by atoms with van der Waals surface area (Å²) in [5, 5.41) is 3.37. The van der Waals surface area contributed by atoms with Gasteiger partial charge in [0.05, 0.1) is 0 Å². The third kappa shape index (κ3) is 2.13. The maximum Gasteiger partial charge on any atom is 0.00757 e. The largest absolute Gasteiger partial charge is 0.317 e. The molecule has 1 nitrogen and oxygen atoms in total. The lowest BCUT2D eigenvalue weighted by atomic mass is 9.75. The number of rotatable bonds is 4. The summed E-state index contributed by atoms with van der Waals surface area (Å²) >= 11 is 0. The highest BCUT2D eigenvalue weighted by molar-refractivity contribution is 5.38. The summed E-state index contributed by atoms with van der Waals surface area (Å²) in [6.45, 7) is 2.29. The molecule has 1 aromatic carbocycles. The zero-order valence-electron chi connectivity index (χ0n) is 11.0. The highest BCUT2D eigenvalue weighted by Gasteiger charge is 2.30. The van der Waals surface area contributed by atoms with Gasteiger partial charge in [0.15, 0.2) is 0 Å². The molecule has 92 valence electrons. The summed E-state index contributed by atoms with van der Waals surface area (Å²) in [6.07, 6.45) is 6.67. The van der Waals surface area contributed by atoms with Gasteiger partial charge in [-0.25, -0.2) is 0 Å². The van der Waals surface area contributed by atoms with E-state index in [1.165, 1.54) is 32.1 Å². The summed E-state index contributed by atoms with van der Waals surface area (Å²) in [5.41, 5.74) is 4.83. The second-order valence-corrected chi connectivity index (χ2v) is 5.74. The summed E-state index contributed by atoms with van der Waals surface area (Å²) in [5.74, 6) is 1.71. The molecule has 0 radical (unpaired) electrons. The van der Waals surface area contributed by atoms with Crippen molar-refractivity contribution >= 4 is 0 Å². The molecule has 3 rings (SSSR count). The van der Waals surface area contributed by atoms with Gasteiger partial charge in [-0.15, -0.1) is 0 Å². The van der Waals surface area contributed by atoms with Crippen LogP contribution in [0.2, 0.25) is 0 Å². The molecule has 1 N–H and O–H groups in total. The average Bonchev–Trinajstić information content (AvgIpc) is 3.11. The average molecular weight is 229 g/mol. The van der Waals surface area contributed by atoms with Gasteiger partial charge in [0.1, 0.15) is 0 Å². The standard InChI is InChI=1S/C16H23N/c1-3-11-8-13(14-9-15(10-14)17-2)6-7-16(11)12-4-5-12/h6-8,12,14-15,17H,3-5,9-10H2,1-2H3. The number of benzene rings is 1. The lowest BCUT2D eigenvalue weighted by molar-refractivity contribution is 0.307. The number of hydrogen-bond donors (Lipinski definition) is 1. The Morgan fingerprint density at radius 2 is 1.94 bits per heavy atom. The second-order valence-electron chi connectivity index (χ2n) is 5.74. The van der Waals surface area contributed by atoms with Gasteiger partial charge in [0, 0.05) is 6.04 Å². The van der Waals surface area contributed by atoms with Crippen molar-refractivity contribution < 1.29 is 0 Å². The van der Waals surface area contributed by atoms with Gasteiger partial charge in [-0.3, -0.25) is 0 Å². The van der Waals surface area contributed by atoms with E-state index in [1.54, 1.807) is 16.7 Å². The Balaban J connectivity index is 1.77. The third-order valence-corrected chi connectivity index (χ3v) is 4.58. The van der Waals surface area contributed by atoms with Gasteiger partial charge in [0.2, 0.25) is 0 Å². The van der Waals surface area contributed by atoms with E-state index in [4.69, 9.17) is 0 Å². The van der Waals surface area contributed by atoms with E-state index in [0.29, 0.717) is 0 Å². The number of aryl methyl sites for hydroxylation is 1. The van der Waals surface area contributed by atoms with E-state index in [0.717, 1.165) is 17.9 Å². The van der Waals surface area contributed by atoms with Crippen molar-refractivity contribution in [1.82, 2.24) is 5.32 Å². The minimum absolute atomic E-state index is 0.758. The van der Waals surface area contributed by atoms with Gasteiger partial charge in [-0.05, 0) is 67.7 Å². The van der Waals surface area contributed by atoms with Gasteiger partial charge < -0.3 is 5.32 Å². The van der Waals surface area contributed by atoms with E-state index in [2.05, 4.69) is 37.5 Å². The first kappa shape index (κ1) is 11.3. The predicted octanol–water partition coefficient (Wildman–Crippen LogP) is 3.59. The van der Waals surface area contributed by atoms with Crippen molar-refractivity contribution in [2.24, 2.45) is 0 Å². The van der Waals surface area contributed by atoms with Gasteiger partial charge in [-0.1, -0.05) is 25.1 Å². The SMILES string of the molecule is CCc1cc(C2CC(NC)C2)ccc1C1CC1. The quantitative estimate of drug-likeness (QED) is 0.832. The topological polar surface area (TPSA) is 12.0 Å². The molecule has 2 aliphatic rings. The Hall–Kier alpha value is -0.820. The Morgan fingerprint density at radius 1 is 1.18 bits per heavy atom. The van der Waals surface area contributed by atoms with E-state index >= 15 is 0 Å². The smallest absolute Gasteiger partial charge is 0.00757 e. The van der Waals surface area contributed by atoms with Crippen molar-refractivity contribution in [3.63, 3.8) is 0 Å². The minimum Gasteiger partial charge on any atom is -0.317 e. The van der Waals surface area contributed by atoms with Gasteiger partial charge in [-0.2, -0.15) is 0 Å². The van der Waals surface area contributed by atoms with Crippen molar-refractivity contribution in [2.75, 3.05) is 7.05 Å². The van der Waals surface area contributed by atoms with Crippen LogP contribution in [0.3, 0.4) is 0 Å². The highest BCUT2D eigenvalue weighted by atomic mass is 14.9. The highest BCUT2D eigenvalue weighted by Crippen LogP contribution is 2.44. The summed E-state index contributed by atoms with van der Waals surface area (Å²) < 4.78 is 0. The molecule has 0 amide bonds. The zero-order chi connectivity index (χ0) is 11.8. The monoisotopic (exact) mass is 229 g/mol. The maximum absolute atomic E-state index is 3.37. The number of nitrogens with one attached hydrogen (secondary N) is 1. The first-order chi connectivity index (χ1) is 8.31. The molecule has 0 heterocycles. The molecule has 2 aliphatic carbocycles. The molecule has 1 heteroatoms. The summed E-state index contributed by atoms with van der Waals surface area (Å²) in [6, 6.07) is 8.06. The van der Waals surface area contributed by atoms with Crippen molar-refractivity contribution in [1.29, 1.82) is 0 Å². The van der Waals surface area contributed by atoms with Crippen molar-refractivity contribution in [2.45, 2.75) is 56.9 Å². The van der Waals surface area contributed by atoms with Gasteiger partial charge in [0.25, 0.3) is 0 Å². The fraction of sp³-hybridized carbons (Fsp3) is 0.625. The molecule has 0 aromatic heterocycles. The molecule has 0 aliphatic heterocycles. The fourth-order valence-electron chi connectivity index (χ4n) is 3.10. The minimum atomic E-state index is 0.758. The van der Waals surface area contributed by atoms with E-state index in [9.17, 15) is 0 Å². The summed E-state index contributed by atoms with van der Waals surface area (Å²) in [7, 11) is 2.08. The molecule has 1 aromatic rings. The van der Waals surface area contributed by atoms with Crippen LogP contribution >= 0.6 is 0 Å². The lowest BCUT2D eigenvalue weighted by Crippen LogP contribution is -2.37. The molecule has 0 spiro atoms. The van der Waals surface area contributed by atoms with E-state index < -0.39 is 0 Å².